The number of nitrogens with one attached hydrogen (secondary N) is 1. The van der Waals surface area contributed by atoms with Crippen molar-refractivity contribution in [1.82, 2.24) is 14.8 Å². The highest BCUT2D eigenvalue weighted by molar-refractivity contribution is 5.97. The van der Waals surface area contributed by atoms with E-state index < -0.39 is 5.54 Å². The molecule has 0 aliphatic heterocycles. The van der Waals surface area contributed by atoms with Gasteiger partial charge in [-0.05, 0) is 32.0 Å². The van der Waals surface area contributed by atoms with Crippen LogP contribution in [0.2, 0.25) is 0 Å². The van der Waals surface area contributed by atoms with Crippen LogP contribution < -0.4 is 11.1 Å². The van der Waals surface area contributed by atoms with Gasteiger partial charge in [0.2, 0.25) is 5.91 Å². The van der Waals surface area contributed by atoms with Crippen molar-refractivity contribution in [3.63, 3.8) is 0 Å². The molecule has 1 amide bonds. The summed E-state index contributed by atoms with van der Waals surface area (Å²) in [6, 6.07) is 5.34. The first kappa shape index (κ1) is 12.3. The van der Waals surface area contributed by atoms with Crippen molar-refractivity contribution in [3.05, 3.63) is 36.8 Å². The van der Waals surface area contributed by atoms with Crippen LogP contribution >= 0.6 is 0 Å². The van der Waals surface area contributed by atoms with Crippen LogP contribution in [0.5, 0.6) is 0 Å². The van der Waals surface area contributed by atoms with Crippen LogP contribution in [0.4, 0.5) is 5.69 Å². The van der Waals surface area contributed by atoms with Gasteiger partial charge in [0.1, 0.15) is 0 Å². The average molecular weight is 245 g/mol. The molecule has 2 aromatic heterocycles. The minimum Gasteiger partial charge on any atom is -0.323 e. The van der Waals surface area contributed by atoms with Crippen molar-refractivity contribution in [2.45, 2.75) is 19.4 Å². The second kappa shape index (κ2) is 4.58. The van der Waals surface area contributed by atoms with Gasteiger partial charge in [0.05, 0.1) is 17.4 Å². The number of rotatable bonds is 3. The van der Waals surface area contributed by atoms with Crippen LogP contribution in [0.1, 0.15) is 13.8 Å². The Bertz CT molecular complexity index is 525. The molecule has 2 heterocycles. The molecule has 18 heavy (non-hydrogen) atoms. The number of nitrogens with two attached hydrogens (primary N) is 1. The van der Waals surface area contributed by atoms with Crippen LogP contribution in [-0.2, 0) is 4.79 Å². The van der Waals surface area contributed by atoms with Gasteiger partial charge < -0.3 is 11.1 Å². The number of pyridine rings is 1. The Morgan fingerprint density at radius 2 is 2.22 bits per heavy atom. The van der Waals surface area contributed by atoms with E-state index in [9.17, 15) is 4.79 Å². The number of nitrogens with zero attached hydrogens (tertiary/aromatic N) is 3. The molecule has 0 aliphatic carbocycles. The molecule has 0 bridgehead atoms. The van der Waals surface area contributed by atoms with E-state index in [1.807, 2.05) is 6.07 Å². The number of carbonyl (C=O) groups excluding carboxylic acids is 1. The fourth-order valence-corrected chi connectivity index (χ4v) is 1.29. The van der Waals surface area contributed by atoms with Gasteiger partial charge in [-0.2, -0.15) is 5.10 Å². The molecule has 0 unspecified atom stereocenters. The van der Waals surface area contributed by atoms with Crippen LogP contribution in [0.3, 0.4) is 0 Å². The summed E-state index contributed by atoms with van der Waals surface area (Å²) in [7, 11) is 0. The summed E-state index contributed by atoms with van der Waals surface area (Å²) in [5, 5.41) is 6.76. The van der Waals surface area contributed by atoms with Gasteiger partial charge in [-0.3, -0.25) is 4.79 Å². The molecule has 2 aromatic rings. The summed E-state index contributed by atoms with van der Waals surface area (Å²) in [6.07, 6.45) is 5.04. The first-order chi connectivity index (χ1) is 8.47. The largest absolute Gasteiger partial charge is 0.323 e. The highest BCUT2D eigenvalue weighted by Crippen LogP contribution is 2.10. The Labute approximate surface area is 105 Å². The second-order valence-electron chi connectivity index (χ2n) is 4.53. The fourth-order valence-electron chi connectivity index (χ4n) is 1.29. The quantitative estimate of drug-likeness (QED) is 0.842. The Balaban J connectivity index is 2.12. The van der Waals surface area contributed by atoms with Crippen molar-refractivity contribution in [2.75, 3.05) is 5.32 Å². The number of hydrogen-bond acceptors (Lipinski definition) is 4. The van der Waals surface area contributed by atoms with E-state index >= 15 is 0 Å². The van der Waals surface area contributed by atoms with E-state index in [-0.39, 0.29) is 5.91 Å². The summed E-state index contributed by atoms with van der Waals surface area (Å²) in [6.45, 7) is 3.29. The van der Waals surface area contributed by atoms with Crippen LogP contribution in [0, 0.1) is 0 Å². The van der Waals surface area contributed by atoms with Gasteiger partial charge in [-0.1, -0.05) is 0 Å². The maximum absolute atomic E-state index is 11.7. The summed E-state index contributed by atoms with van der Waals surface area (Å²) in [4.78, 5) is 15.9. The van der Waals surface area contributed by atoms with Gasteiger partial charge in [0, 0.05) is 12.4 Å². The molecule has 0 radical (unpaired) electrons. The number of anilines is 1. The zero-order valence-corrected chi connectivity index (χ0v) is 10.3. The normalized spacial score (nSPS) is 11.3. The SMILES string of the molecule is CC(C)(N)C(=O)Nc1ccc(-n2cccn2)nc1. The van der Waals surface area contributed by atoms with Gasteiger partial charge >= 0.3 is 0 Å². The molecule has 0 aromatic carbocycles. The molecule has 6 nitrogen and oxygen atoms in total. The van der Waals surface area contributed by atoms with Crippen molar-refractivity contribution >= 4 is 11.6 Å². The fraction of sp³-hybridized carbons (Fsp3) is 0.250. The molecule has 0 fully saturated rings. The summed E-state index contributed by atoms with van der Waals surface area (Å²) in [5.41, 5.74) is 5.38. The Morgan fingerprint density at radius 1 is 1.44 bits per heavy atom. The highest BCUT2D eigenvalue weighted by Gasteiger charge is 2.21. The van der Waals surface area contributed by atoms with E-state index in [2.05, 4.69) is 15.4 Å². The van der Waals surface area contributed by atoms with E-state index in [0.717, 1.165) is 0 Å². The third-order valence-corrected chi connectivity index (χ3v) is 2.33. The monoisotopic (exact) mass is 245 g/mol. The lowest BCUT2D eigenvalue weighted by atomic mass is 10.1. The minimum atomic E-state index is -0.916. The highest BCUT2D eigenvalue weighted by atomic mass is 16.2. The Morgan fingerprint density at radius 3 is 2.72 bits per heavy atom. The van der Waals surface area contributed by atoms with Gasteiger partial charge in [0.15, 0.2) is 5.82 Å². The smallest absolute Gasteiger partial charge is 0.243 e. The van der Waals surface area contributed by atoms with E-state index in [0.29, 0.717) is 11.5 Å². The summed E-state index contributed by atoms with van der Waals surface area (Å²) in [5.74, 6) is 0.432. The zero-order valence-electron chi connectivity index (χ0n) is 10.3. The Hall–Kier alpha value is -2.21. The molecule has 0 saturated heterocycles. The molecular weight excluding hydrogens is 230 g/mol. The third kappa shape index (κ3) is 2.72. The molecule has 94 valence electrons. The standard InChI is InChI=1S/C12H15N5O/c1-12(2,13)11(18)16-9-4-5-10(14-8-9)17-7-3-6-15-17/h3-8H,13H2,1-2H3,(H,16,18). The first-order valence-corrected chi connectivity index (χ1v) is 5.53. The summed E-state index contributed by atoms with van der Waals surface area (Å²) >= 11 is 0. The topological polar surface area (TPSA) is 85.8 Å². The first-order valence-electron chi connectivity index (χ1n) is 5.53. The molecule has 0 spiro atoms. The van der Waals surface area contributed by atoms with E-state index in [1.54, 1.807) is 49.3 Å². The third-order valence-electron chi connectivity index (χ3n) is 2.33. The van der Waals surface area contributed by atoms with Crippen molar-refractivity contribution < 1.29 is 4.79 Å². The average Bonchev–Trinajstić information content (AvgIpc) is 2.82. The zero-order chi connectivity index (χ0) is 13.2. The lowest BCUT2D eigenvalue weighted by Gasteiger charge is -2.17. The molecule has 3 N–H and O–H groups in total. The van der Waals surface area contributed by atoms with Crippen LogP contribution in [0.15, 0.2) is 36.8 Å². The maximum atomic E-state index is 11.7. The van der Waals surface area contributed by atoms with E-state index in [4.69, 9.17) is 5.73 Å². The lowest BCUT2D eigenvalue weighted by Crippen LogP contribution is -2.45. The minimum absolute atomic E-state index is 0.254. The number of carbonyl (C=O) groups is 1. The number of amides is 1. The molecule has 0 atom stereocenters. The number of aromatic nitrogens is 3. The van der Waals surface area contributed by atoms with Crippen LogP contribution in [-0.4, -0.2) is 26.2 Å². The van der Waals surface area contributed by atoms with Gasteiger partial charge in [0.25, 0.3) is 0 Å². The number of hydrogen-bond donors (Lipinski definition) is 2. The Kier molecular flexibility index (Phi) is 3.12. The molecule has 6 heteroatoms. The van der Waals surface area contributed by atoms with Crippen molar-refractivity contribution in [2.24, 2.45) is 5.73 Å². The molecular formula is C12H15N5O. The van der Waals surface area contributed by atoms with Crippen molar-refractivity contribution in [3.8, 4) is 5.82 Å². The predicted molar refractivity (Wildman–Crippen MR) is 68.3 cm³/mol. The van der Waals surface area contributed by atoms with E-state index in [1.165, 1.54) is 0 Å². The van der Waals surface area contributed by atoms with Gasteiger partial charge in [-0.25, -0.2) is 9.67 Å². The molecule has 0 aliphatic rings. The van der Waals surface area contributed by atoms with Crippen molar-refractivity contribution in [1.29, 1.82) is 0 Å². The summed E-state index contributed by atoms with van der Waals surface area (Å²) < 4.78 is 1.64. The lowest BCUT2D eigenvalue weighted by molar-refractivity contribution is -0.120. The second-order valence-corrected chi connectivity index (χ2v) is 4.53. The predicted octanol–water partition coefficient (Wildman–Crippen LogP) is 0.943. The molecule has 2 rings (SSSR count). The molecule has 0 saturated carbocycles. The van der Waals surface area contributed by atoms with Crippen LogP contribution in [0.25, 0.3) is 5.82 Å². The van der Waals surface area contributed by atoms with Gasteiger partial charge in [-0.15, -0.1) is 0 Å². The maximum Gasteiger partial charge on any atom is 0.243 e.